The fourth-order valence-corrected chi connectivity index (χ4v) is 2.60. The standard InChI is InChI=1S/C16H18N2O/c1-19-16-4-2-3-15(10-16)18-8-7-12-5-6-14(17)9-13(12)11-18/h2-6,9-10H,7-8,11,17H2,1H3. The maximum absolute atomic E-state index is 5.87. The molecule has 0 unspecified atom stereocenters. The quantitative estimate of drug-likeness (QED) is 0.837. The highest BCUT2D eigenvalue weighted by Crippen LogP contribution is 2.27. The van der Waals surface area contributed by atoms with Crippen LogP contribution in [-0.4, -0.2) is 13.7 Å². The molecular weight excluding hydrogens is 236 g/mol. The van der Waals surface area contributed by atoms with Crippen LogP contribution in [0, 0.1) is 0 Å². The monoisotopic (exact) mass is 254 g/mol. The van der Waals surface area contributed by atoms with Crippen molar-refractivity contribution in [1.82, 2.24) is 0 Å². The topological polar surface area (TPSA) is 38.5 Å². The van der Waals surface area contributed by atoms with Crippen molar-refractivity contribution in [3.05, 3.63) is 53.6 Å². The first-order valence-corrected chi connectivity index (χ1v) is 6.52. The molecule has 3 rings (SSSR count). The number of methoxy groups -OCH3 is 1. The number of hydrogen-bond acceptors (Lipinski definition) is 3. The zero-order valence-electron chi connectivity index (χ0n) is 11.1. The fraction of sp³-hybridized carbons (Fsp3) is 0.250. The van der Waals surface area contributed by atoms with Crippen LogP contribution in [0.25, 0.3) is 0 Å². The molecule has 3 heteroatoms. The lowest BCUT2D eigenvalue weighted by Crippen LogP contribution is -2.30. The van der Waals surface area contributed by atoms with E-state index >= 15 is 0 Å². The van der Waals surface area contributed by atoms with Gasteiger partial charge in [-0.15, -0.1) is 0 Å². The summed E-state index contributed by atoms with van der Waals surface area (Å²) in [5.74, 6) is 0.899. The van der Waals surface area contributed by atoms with Gasteiger partial charge in [0.25, 0.3) is 0 Å². The largest absolute Gasteiger partial charge is 0.497 e. The summed E-state index contributed by atoms with van der Waals surface area (Å²) < 4.78 is 5.29. The third-order valence-corrected chi connectivity index (χ3v) is 3.66. The molecule has 1 heterocycles. The Bertz CT molecular complexity index is 595. The summed E-state index contributed by atoms with van der Waals surface area (Å²) in [6.45, 7) is 1.94. The summed E-state index contributed by atoms with van der Waals surface area (Å²) in [5, 5.41) is 0. The number of hydrogen-bond donors (Lipinski definition) is 1. The van der Waals surface area contributed by atoms with Crippen LogP contribution in [0.5, 0.6) is 5.75 Å². The lowest BCUT2D eigenvalue weighted by Gasteiger charge is -2.31. The molecule has 0 atom stereocenters. The molecule has 0 aromatic heterocycles. The number of ether oxygens (including phenoxy) is 1. The van der Waals surface area contributed by atoms with Gasteiger partial charge in [0.1, 0.15) is 5.75 Å². The zero-order chi connectivity index (χ0) is 13.2. The van der Waals surface area contributed by atoms with Crippen molar-refractivity contribution in [2.45, 2.75) is 13.0 Å². The third-order valence-electron chi connectivity index (χ3n) is 3.66. The van der Waals surface area contributed by atoms with E-state index in [9.17, 15) is 0 Å². The van der Waals surface area contributed by atoms with E-state index in [2.05, 4.69) is 29.2 Å². The summed E-state index contributed by atoms with van der Waals surface area (Å²) >= 11 is 0. The maximum Gasteiger partial charge on any atom is 0.120 e. The lowest BCUT2D eigenvalue weighted by molar-refractivity contribution is 0.414. The Morgan fingerprint density at radius 3 is 2.84 bits per heavy atom. The van der Waals surface area contributed by atoms with Crippen LogP contribution in [0.3, 0.4) is 0 Å². The molecule has 0 aliphatic carbocycles. The summed E-state index contributed by atoms with van der Waals surface area (Å²) in [6, 6.07) is 14.4. The minimum atomic E-state index is 0.839. The molecule has 1 aliphatic rings. The van der Waals surface area contributed by atoms with Gasteiger partial charge in [-0.3, -0.25) is 0 Å². The zero-order valence-corrected chi connectivity index (χ0v) is 11.1. The molecule has 2 N–H and O–H groups in total. The van der Waals surface area contributed by atoms with Crippen LogP contribution in [0.15, 0.2) is 42.5 Å². The van der Waals surface area contributed by atoms with Crippen molar-refractivity contribution >= 4 is 11.4 Å². The van der Waals surface area contributed by atoms with Crippen molar-refractivity contribution < 1.29 is 4.74 Å². The van der Waals surface area contributed by atoms with Gasteiger partial charge in [-0.2, -0.15) is 0 Å². The first-order valence-electron chi connectivity index (χ1n) is 6.52. The molecule has 2 aromatic rings. The SMILES string of the molecule is COc1cccc(N2CCc3ccc(N)cc3C2)c1. The summed E-state index contributed by atoms with van der Waals surface area (Å²) in [7, 11) is 1.70. The molecule has 2 aromatic carbocycles. The Morgan fingerprint density at radius 1 is 1.11 bits per heavy atom. The third kappa shape index (κ3) is 2.36. The maximum atomic E-state index is 5.87. The van der Waals surface area contributed by atoms with Crippen molar-refractivity contribution in [2.24, 2.45) is 0 Å². The van der Waals surface area contributed by atoms with E-state index in [1.165, 1.54) is 16.8 Å². The average molecular weight is 254 g/mol. The Kier molecular flexibility index (Phi) is 3.03. The molecule has 19 heavy (non-hydrogen) atoms. The Labute approximate surface area is 113 Å². The van der Waals surface area contributed by atoms with Crippen LogP contribution in [0.2, 0.25) is 0 Å². The summed E-state index contributed by atoms with van der Waals surface area (Å²) in [5.41, 5.74) is 10.7. The van der Waals surface area contributed by atoms with Crippen molar-refractivity contribution in [3.8, 4) is 5.75 Å². The second-order valence-corrected chi connectivity index (χ2v) is 4.90. The van der Waals surface area contributed by atoms with Crippen molar-refractivity contribution in [1.29, 1.82) is 0 Å². The van der Waals surface area contributed by atoms with Crippen LogP contribution in [0.4, 0.5) is 11.4 Å². The molecule has 3 nitrogen and oxygen atoms in total. The van der Waals surface area contributed by atoms with Gasteiger partial charge in [-0.1, -0.05) is 12.1 Å². The van der Waals surface area contributed by atoms with Crippen LogP contribution >= 0.6 is 0 Å². The normalized spacial score (nSPS) is 14.1. The molecule has 0 fully saturated rings. The van der Waals surface area contributed by atoms with E-state index in [1.807, 2.05) is 18.2 Å². The van der Waals surface area contributed by atoms with E-state index in [4.69, 9.17) is 10.5 Å². The lowest BCUT2D eigenvalue weighted by atomic mass is 9.98. The highest BCUT2D eigenvalue weighted by molar-refractivity contribution is 5.54. The van der Waals surface area contributed by atoms with Gasteiger partial charge in [-0.05, 0) is 41.8 Å². The average Bonchev–Trinajstić information content (AvgIpc) is 2.46. The molecule has 1 aliphatic heterocycles. The number of nitrogens with two attached hydrogens (primary N) is 1. The minimum absolute atomic E-state index is 0.839. The van der Waals surface area contributed by atoms with Gasteiger partial charge >= 0.3 is 0 Å². The van der Waals surface area contributed by atoms with E-state index in [-0.39, 0.29) is 0 Å². The predicted molar refractivity (Wildman–Crippen MR) is 78.6 cm³/mol. The molecule has 98 valence electrons. The highest BCUT2D eigenvalue weighted by atomic mass is 16.5. The first kappa shape index (κ1) is 11.9. The second kappa shape index (κ2) is 4.84. The minimum Gasteiger partial charge on any atom is -0.497 e. The number of rotatable bonds is 2. The van der Waals surface area contributed by atoms with Crippen molar-refractivity contribution in [3.63, 3.8) is 0 Å². The molecule has 0 spiro atoms. The van der Waals surface area contributed by atoms with Gasteiger partial charge in [-0.25, -0.2) is 0 Å². The van der Waals surface area contributed by atoms with Gasteiger partial charge in [0, 0.05) is 30.5 Å². The molecular formula is C16H18N2O. The van der Waals surface area contributed by atoms with Gasteiger partial charge < -0.3 is 15.4 Å². The number of nitrogens with zero attached hydrogens (tertiary/aromatic N) is 1. The van der Waals surface area contributed by atoms with Gasteiger partial charge in [0.05, 0.1) is 7.11 Å². The Morgan fingerprint density at radius 2 is 2.00 bits per heavy atom. The summed E-state index contributed by atoms with van der Waals surface area (Å²) in [4.78, 5) is 2.37. The number of anilines is 2. The Balaban J connectivity index is 1.88. The van der Waals surface area contributed by atoms with Gasteiger partial charge in [0.15, 0.2) is 0 Å². The van der Waals surface area contributed by atoms with Crippen LogP contribution in [0.1, 0.15) is 11.1 Å². The van der Waals surface area contributed by atoms with Crippen molar-refractivity contribution in [2.75, 3.05) is 24.3 Å². The smallest absolute Gasteiger partial charge is 0.120 e. The molecule has 0 amide bonds. The first-order chi connectivity index (χ1) is 9.26. The number of nitrogen functional groups attached to an aromatic ring is 1. The van der Waals surface area contributed by atoms with E-state index in [0.29, 0.717) is 0 Å². The van der Waals surface area contributed by atoms with E-state index in [1.54, 1.807) is 7.11 Å². The predicted octanol–water partition coefficient (Wildman–Crippen LogP) is 2.84. The Hall–Kier alpha value is -2.16. The molecule has 0 bridgehead atoms. The molecule has 0 saturated carbocycles. The van der Waals surface area contributed by atoms with E-state index in [0.717, 1.165) is 30.9 Å². The molecule has 0 saturated heterocycles. The molecule has 0 radical (unpaired) electrons. The number of benzene rings is 2. The second-order valence-electron chi connectivity index (χ2n) is 4.90. The fourth-order valence-electron chi connectivity index (χ4n) is 2.60. The number of fused-ring (bicyclic) bond motifs is 1. The van der Waals surface area contributed by atoms with E-state index < -0.39 is 0 Å². The van der Waals surface area contributed by atoms with Crippen LogP contribution < -0.4 is 15.4 Å². The summed E-state index contributed by atoms with van der Waals surface area (Å²) in [6.07, 6.45) is 1.06. The highest BCUT2D eigenvalue weighted by Gasteiger charge is 2.16. The van der Waals surface area contributed by atoms with Crippen LogP contribution in [-0.2, 0) is 13.0 Å². The van der Waals surface area contributed by atoms with Gasteiger partial charge in [0.2, 0.25) is 0 Å².